The van der Waals surface area contributed by atoms with Crippen molar-refractivity contribution in [3.8, 4) is 0 Å². The summed E-state index contributed by atoms with van der Waals surface area (Å²) < 4.78 is 44.6. The van der Waals surface area contributed by atoms with Gasteiger partial charge in [0.15, 0.2) is 6.29 Å². The molecule has 10 heteroatoms. The van der Waals surface area contributed by atoms with Crippen molar-refractivity contribution in [2.75, 3.05) is 72.7 Å². The smallest absolute Gasteiger partial charge is 0.309 e. The lowest BCUT2D eigenvalue weighted by Crippen LogP contribution is -2.45. The number of hydrogen-bond donors (Lipinski definition) is 1. The van der Waals surface area contributed by atoms with Crippen LogP contribution in [0.3, 0.4) is 0 Å². The maximum Gasteiger partial charge on any atom is 0.309 e. The molecule has 32 heavy (non-hydrogen) atoms. The molecule has 1 N–H and O–H groups in total. The van der Waals surface area contributed by atoms with E-state index in [1.54, 1.807) is 0 Å². The Hall–Kier alpha value is -0.850. The van der Waals surface area contributed by atoms with Gasteiger partial charge in [-0.1, -0.05) is 0 Å². The summed E-state index contributed by atoms with van der Waals surface area (Å²) in [5.41, 5.74) is -0.563. The maximum absolute atomic E-state index is 11.8. The van der Waals surface area contributed by atoms with E-state index in [0.29, 0.717) is 52.7 Å². The molecule has 0 aromatic rings. The van der Waals surface area contributed by atoms with Gasteiger partial charge in [-0.15, -0.1) is 0 Å². The number of aliphatic hydroxyl groups excluding tert-OH is 1. The average Bonchev–Trinajstić information content (AvgIpc) is 3.64. The molecule has 184 valence electrons. The Labute approximate surface area is 188 Å². The van der Waals surface area contributed by atoms with Crippen molar-refractivity contribution < 1.29 is 47.8 Å². The van der Waals surface area contributed by atoms with E-state index < -0.39 is 11.5 Å². The lowest BCUT2D eigenvalue weighted by molar-refractivity contribution is -0.239. The second-order valence-corrected chi connectivity index (χ2v) is 9.25. The number of esters is 1. The fourth-order valence-electron chi connectivity index (χ4n) is 3.77. The van der Waals surface area contributed by atoms with Gasteiger partial charge in [0.1, 0.15) is 12.2 Å². The molecule has 4 aliphatic heterocycles. The van der Waals surface area contributed by atoms with Gasteiger partial charge in [-0.05, 0) is 19.3 Å². The number of hydrogen-bond acceptors (Lipinski definition) is 10. The van der Waals surface area contributed by atoms with Gasteiger partial charge >= 0.3 is 5.97 Å². The van der Waals surface area contributed by atoms with Crippen LogP contribution in [-0.4, -0.2) is 108 Å². The molecule has 0 spiro atoms. The van der Waals surface area contributed by atoms with Gasteiger partial charge in [0, 0.05) is 6.42 Å². The number of carbonyl (C=O) groups is 1. The van der Waals surface area contributed by atoms with Crippen LogP contribution < -0.4 is 0 Å². The summed E-state index contributed by atoms with van der Waals surface area (Å²) in [5, 5.41) is 10.4. The highest BCUT2D eigenvalue weighted by molar-refractivity contribution is 5.73. The third-order valence-electron chi connectivity index (χ3n) is 6.01. The molecule has 0 bridgehead atoms. The molecule has 0 saturated carbocycles. The summed E-state index contributed by atoms with van der Waals surface area (Å²) >= 11 is 0. The molecule has 0 aromatic carbocycles. The largest absolute Gasteiger partial charge is 0.465 e. The summed E-state index contributed by atoms with van der Waals surface area (Å²) in [4.78, 5) is 11.8. The first-order valence-electron chi connectivity index (χ1n) is 11.7. The number of ether oxygens (including phenoxy) is 8. The first-order valence-corrected chi connectivity index (χ1v) is 11.7. The molecular formula is C22H36O10. The second kappa shape index (κ2) is 12.0. The first kappa shape index (κ1) is 24.3. The summed E-state index contributed by atoms with van der Waals surface area (Å²) in [5.74, 6) is -0.500. The third kappa shape index (κ3) is 8.18. The highest BCUT2D eigenvalue weighted by atomic mass is 16.7. The van der Waals surface area contributed by atoms with Crippen molar-refractivity contribution in [3.05, 3.63) is 0 Å². The zero-order chi connectivity index (χ0) is 22.2. The fourth-order valence-corrected chi connectivity index (χ4v) is 3.77. The van der Waals surface area contributed by atoms with E-state index in [9.17, 15) is 9.90 Å². The lowest BCUT2D eigenvalue weighted by atomic mass is 9.91. The van der Waals surface area contributed by atoms with Crippen molar-refractivity contribution in [1.29, 1.82) is 0 Å². The van der Waals surface area contributed by atoms with Crippen LogP contribution in [0.25, 0.3) is 0 Å². The van der Waals surface area contributed by atoms with E-state index in [1.807, 2.05) is 0 Å². The van der Waals surface area contributed by atoms with Gasteiger partial charge in [-0.25, -0.2) is 0 Å². The highest BCUT2D eigenvalue weighted by Crippen LogP contribution is 2.26. The van der Waals surface area contributed by atoms with Crippen LogP contribution in [0.15, 0.2) is 0 Å². The molecule has 4 rings (SSSR count). The topological polar surface area (TPSA) is 118 Å². The summed E-state index contributed by atoms with van der Waals surface area (Å²) in [7, 11) is 0. The van der Waals surface area contributed by atoms with Crippen LogP contribution in [-0.2, 0) is 42.7 Å². The zero-order valence-electron chi connectivity index (χ0n) is 18.6. The molecule has 4 heterocycles. The predicted octanol–water partition coefficient (Wildman–Crippen LogP) is 0.287. The SMILES string of the molecule is O=C1OCCCC1CC(O)COCC(COCC1CO1)(COCC1CO1)COC1CCO1. The quantitative estimate of drug-likeness (QED) is 0.240. The number of carbonyl (C=O) groups excluding carboxylic acids is 1. The molecule has 0 amide bonds. The van der Waals surface area contributed by atoms with E-state index in [1.165, 1.54) is 0 Å². The van der Waals surface area contributed by atoms with Gasteiger partial charge in [0.25, 0.3) is 0 Å². The molecule has 0 aliphatic carbocycles. The van der Waals surface area contributed by atoms with Crippen molar-refractivity contribution >= 4 is 5.97 Å². The van der Waals surface area contributed by atoms with Gasteiger partial charge in [-0.3, -0.25) is 4.79 Å². The Bertz CT molecular complexity index is 557. The van der Waals surface area contributed by atoms with Gasteiger partial charge < -0.3 is 43.0 Å². The van der Waals surface area contributed by atoms with Crippen molar-refractivity contribution in [3.63, 3.8) is 0 Å². The molecule has 0 radical (unpaired) electrons. The van der Waals surface area contributed by atoms with Crippen LogP contribution in [0, 0.1) is 11.3 Å². The number of cyclic esters (lactones) is 1. The third-order valence-corrected chi connectivity index (χ3v) is 6.01. The standard InChI is InChI=1S/C22H36O10/c23-17(6-16-2-1-4-29-21(16)24)7-25-12-22(13-26-8-18-10-30-18,14-27-9-19-11-31-19)15-32-20-3-5-28-20/h16-20,23H,1-15H2. The van der Waals surface area contributed by atoms with Crippen LogP contribution >= 0.6 is 0 Å². The number of aliphatic hydroxyl groups is 1. The molecular weight excluding hydrogens is 424 g/mol. The minimum atomic E-state index is -0.749. The van der Waals surface area contributed by atoms with E-state index in [2.05, 4.69) is 0 Å². The number of rotatable bonds is 17. The van der Waals surface area contributed by atoms with Crippen molar-refractivity contribution in [2.24, 2.45) is 11.3 Å². The van der Waals surface area contributed by atoms with Gasteiger partial charge in [0.05, 0.1) is 90.1 Å². The normalized spacial score (nSPS) is 32.0. The first-order chi connectivity index (χ1) is 15.6. The van der Waals surface area contributed by atoms with Crippen LogP contribution in [0.1, 0.15) is 25.7 Å². The average molecular weight is 461 g/mol. The Morgan fingerprint density at radius 1 is 0.938 bits per heavy atom. The van der Waals surface area contributed by atoms with Crippen molar-refractivity contribution in [1.82, 2.24) is 0 Å². The van der Waals surface area contributed by atoms with Crippen LogP contribution in [0.4, 0.5) is 0 Å². The zero-order valence-corrected chi connectivity index (χ0v) is 18.6. The fraction of sp³-hybridized carbons (Fsp3) is 0.955. The molecule has 0 aromatic heterocycles. The van der Waals surface area contributed by atoms with Gasteiger partial charge in [-0.2, -0.15) is 0 Å². The maximum atomic E-state index is 11.8. The molecule has 4 saturated heterocycles. The summed E-state index contributed by atoms with van der Waals surface area (Å²) in [6.45, 7) is 5.13. The Balaban J connectivity index is 1.27. The molecule has 4 aliphatic rings. The van der Waals surface area contributed by atoms with E-state index in [0.717, 1.165) is 32.5 Å². The van der Waals surface area contributed by atoms with Crippen LogP contribution in [0.2, 0.25) is 0 Å². The number of epoxide rings is 2. The molecule has 5 unspecified atom stereocenters. The highest BCUT2D eigenvalue weighted by Gasteiger charge is 2.37. The second-order valence-electron chi connectivity index (χ2n) is 9.25. The lowest BCUT2D eigenvalue weighted by Gasteiger charge is -2.36. The Kier molecular flexibility index (Phi) is 9.13. The Morgan fingerprint density at radius 3 is 2.16 bits per heavy atom. The van der Waals surface area contributed by atoms with E-state index in [-0.39, 0.29) is 43.6 Å². The van der Waals surface area contributed by atoms with E-state index >= 15 is 0 Å². The van der Waals surface area contributed by atoms with Crippen molar-refractivity contribution in [2.45, 2.75) is 50.3 Å². The predicted molar refractivity (Wildman–Crippen MR) is 109 cm³/mol. The minimum absolute atomic E-state index is 0.114. The molecule has 10 nitrogen and oxygen atoms in total. The monoisotopic (exact) mass is 460 g/mol. The molecule has 4 fully saturated rings. The Morgan fingerprint density at radius 2 is 1.59 bits per heavy atom. The van der Waals surface area contributed by atoms with Gasteiger partial charge in [0.2, 0.25) is 0 Å². The summed E-state index contributed by atoms with van der Waals surface area (Å²) in [6.07, 6.45) is 2.12. The minimum Gasteiger partial charge on any atom is -0.465 e. The summed E-state index contributed by atoms with van der Waals surface area (Å²) in [6, 6.07) is 0. The van der Waals surface area contributed by atoms with E-state index in [4.69, 9.17) is 37.9 Å². The molecule has 5 atom stereocenters. The van der Waals surface area contributed by atoms with Crippen LogP contribution in [0.5, 0.6) is 0 Å².